The Balaban J connectivity index is 2.43. The molecular formula is C6H8N2O2. The Morgan fingerprint density at radius 1 is 1.70 bits per heavy atom. The second-order valence-electron chi connectivity index (χ2n) is 3.00. The molecule has 4 heteroatoms. The summed E-state index contributed by atoms with van der Waals surface area (Å²) in [7, 11) is 0. The molecule has 1 saturated carbocycles. The zero-order valence-corrected chi connectivity index (χ0v) is 5.68. The zero-order valence-electron chi connectivity index (χ0n) is 5.68. The van der Waals surface area contributed by atoms with Crippen molar-refractivity contribution in [2.24, 2.45) is 0 Å². The number of hydrogen-bond donors (Lipinski definition) is 1. The van der Waals surface area contributed by atoms with Crippen molar-refractivity contribution in [2.45, 2.75) is 25.2 Å². The van der Waals surface area contributed by atoms with Crippen molar-refractivity contribution in [1.29, 1.82) is 0 Å². The molecule has 0 spiro atoms. The quantitative estimate of drug-likeness (QED) is 0.614. The monoisotopic (exact) mass is 140 g/mol. The summed E-state index contributed by atoms with van der Waals surface area (Å²) in [5.41, 5.74) is 0.103. The molecule has 1 heterocycles. The summed E-state index contributed by atoms with van der Waals surface area (Å²) < 4.78 is 4.37. The minimum Gasteiger partial charge on any atom is -0.296 e. The molecule has 1 aromatic heterocycles. The molecule has 10 heavy (non-hydrogen) atoms. The van der Waals surface area contributed by atoms with Crippen molar-refractivity contribution in [3.8, 4) is 0 Å². The van der Waals surface area contributed by atoms with Crippen LogP contribution >= 0.6 is 0 Å². The number of H-pyrrole nitrogens is 1. The molecular weight excluding hydrogens is 132 g/mol. The molecule has 0 aromatic carbocycles. The number of nitrogens with zero attached hydrogens (tertiary/aromatic N) is 1. The number of rotatable bonds is 1. The van der Waals surface area contributed by atoms with Gasteiger partial charge in [0.1, 0.15) is 0 Å². The van der Waals surface area contributed by atoms with Crippen LogP contribution in [0, 0.1) is 0 Å². The molecule has 0 radical (unpaired) electrons. The van der Waals surface area contributed by atoms with E-state index in [9.17, 15) is 4.79 Å². The van der Waals surface area contributed by atoms with Gasteiger partial charge in [-0.1, -0.05) is 12.1 Å². The maximum atomic E-state index is 10.5. The van der Waals surface area contributed by atoms with Crippen molar-refractivity contribution >= 4 is 0 Å². The summed E-state index contributed by atoms with van der Waals surface area (Å²) in [5.74, 6) is 0.237. The second-order valence-corrected chi connectivity index (χ2v) is 3.00. The largest absolute Gasteiger partial charge is 0.438 e. The van der Waals surface area contributed by atoms with Gasteiger partial charge in [0.15, 0.2) is 5.82 Å². The summed E-state index contributed by atoms with van der Waals surface area (Å²) in [4.78, 5) is 13.0. The molecule has 1 aromatic rings. The van der Waals surface area contributed by atoms with Crippen molar-refractivity contribution in [3.63, 3.8) is 0 Å². The predicted octanol–water partition coefficient (Wildman–Crippen LogP) is 0.414. The molecule has 0 saturated heterocycles. The Kier molecular flexibility index (Phi) is 0.859. The minimum absolute atomic E-state index is 0.103. The Hall–Kier alpha value is -1.06. The van der Waals surface area contributed by atoms with E-state index in [2.05, 4.69) is 21.6 Å². The van der Waals surface area contributed by atoms with Crippen LogP contribution in [0.1, 0.15) is 25.6 Å². The molecule has 1 aliphatic carbocycles. The highest BCUT2D eigenvalue weighted by atomic mass is 16.5. The molecule has 1 aliphatic rings. The summed E-state index contributed by atoms with van der Waals surface area (Å²) in [6.07, 6.45) is 2.19. The average Bonchev–Trinajstić information content (AvgIpc) is 2.45. The first-order valence-corrected chi connectivity index (χ1v) is 3.27. The third kappa shape index (κ3) is 0.683. The smallest absolute Gasteiger partial charge is 0.296 e. The van der Waals surface area contributed by atoms with E-state index in [1.165, 1.54) is 0 Å². The first kappa shape index (κ1) is 5.70. The van der Waals surface area contributed by atoms with Gasteiger partial charge in [-0.3, -0.25) is 9.51 Å². The average molecular weight is 140 g/mol. The van der Waals surface area contributed by atoms with E-state index in [1.807, 2.05) is 0 Å². The van der Waals surface area contributed by atoms with Crippen LogP contribution in [-0.4, -0.2) is 10.1 Å². The minimum atomic E-state index is -0.455. The van der Waals surface area contributed by atoms with Gasteiger partial charge in [0, 0.05) is 5.41 Å². The van der Waals surface area contributed by atoms with Gasteiger partial charge in [0.2, 0.25) is 0 Å². The van der Waals surface area contributed by atoms with Gasteiger partial charge < -0.3 is 0 Å². The predicted molar refractivity (Wildman–Crippen MR) is 33.7 cm³/mol. The molecule has 54 valence electrons. The summed E-state index contributed by atoms with van der Waals surface area (Å²) in [6.45, 7) is 2.06. The van der Waals surface area contributed by atoms with Gasteiger partial charge in [0.05, 0.1) is 0 Å². The van der Waals surface area contributed by atoms with Crippen LogP contribution < -0.4 is 5.76 Å². The molecule has 0 atom stereocenters. The SMILES string of the molecule is CC1(c2noc(=O)[nH]2)CC1. The Morgan fingerprint density at radius 3 is 2.80 bits per heavy atom. The van der Waals surface area contributed by atoms with Crippen molar-refractivity contribution in [1.82, 2.24) is 10.1 Å². The lowest BCUT2D eigenvalue weighted by atomic mass is 10.1. The van der Waals surface area contributed by atoms with E-state index in [-0.39, 0.29) is 5.41 Å². The summed E-state index contributed by atoms with van der Waals surface area (Å²) in [5, 5.41) is 3.61. The van der Waals surface area contributed by atoms with E-state index in [0.29, 0.717) is 5.82 Å². The first-order chi connectivity index (χ1) is 4.71. The van der Waals surface area contributed by atoms with E-state index in [0.717, 1.165) is 12.8 Å². The van der Waals surface area contributed by atoms with Gasteiger partial charge in [-0.05, 0) is 12.8 Å². The third-order valence-corrected chi connectivity index (χ3v) is 2.01. The molecule has 1 N–H and O–H groups in total. The van der Waals surface area contributed by atoms with Crippen LogP contribution in [0.5, 0.6) is 0 Å². The molecule has 0 bridgehead atoms. The van der Waals surface area contributed by atoms with E-state index in [4.69, 9.17) is 0 Å². The Bertz CT molecular complexity index is 295. The van der Waals surface area contributed by atoms with Gasteiger partial charge >= 0.3 is 5.76 Å². The lowest BCUT2D eigenvalue weighted by Gasteiger charge is -1.97. The number of aromatic amines is 1. The summed E-state index contributed by atoms with van der Waals surface area (Å²) >= 11 is 0. The third-order valence-electron chi connectivity index (χ3n) is 2.01. The lowest BCUT2D eigenvalue weighted by molar-refractivity contribution is 0.377. The lowest BCUT2D eigenvalue weighted by Crippen LogP contribution is -2.05. The van der Waals surface area contributed by atoms with Crippen molar-refractivity contribution < 1.29 is 4.52 Å². The molecule has 4 nitrogen and oxygen atoms in total. The van der Waals surface area contributed by atoms with Crippen molar-refractivity contribution in [2.75, 3.05) is 0 Å². The number of aromatic nitrogens is 2. The van der Waals surface area contributed by atoms with Crippen LogP contribution in [0.2, 0.25) is 0 Å². The number of hydrogen-bond acceptors (Lipinski definition) is 3. The van der Waals surface area contributed by atoms with Crippen LogP contribution in [0.4, 0.5) is 0 Å². The first-order valence-electron chi connectivity index (χ1n) is 3.27. The van der Waals surface area contributed by atoms with E-state index in [1.54, 1.807) is 0 Å². The summed E-state index contributed by atoms with van der Waals surface area (Å²) in [6, 6.07) is 0. The highest BCUT2D eigenvalue weighted by Gasteiger charge is 2.42. The van der Waals surface area contributed by atoms with Crippen LogP contribution in [0.3, 0.4) is 0 Å². The zero-order chi connectivity index (χ0) is 7.19. The topological polar surface area (TPSA) is 58.9 Å². The normalized spacial score (nSPS) is 20.9. The maximum absolute atomic E-state index is 10.5. The van der Waals surface area contributed by atoms with Gasteiger partial charge in [-0.15, -0.1) is 0 Å². The molecule has 1 fully saturated rings. The fourth-order valence-electron chi connectivity index (χ4n) is 0.915. The van der Waals surface area contributed by atoms with Crippen LogP contribution in [0.15, 0.2) is 9.32 Å². The van der Waals surface area contributed by atoms with Gasteiger partial charge in [-0.2, -0.15) is 0 Å². The molecule has 0 aliphatic heterocycles. The maximum Gasteiger partial charge on any atom is 0.438 e. The molecule has 0 amide bonds. The standard InChI is InChI=1S/C6H8N2O2/c1-6(2-3-6)4-7-5(9)10-8-4/h2-3H2,1H3,(H,7,8,9). The highest BCUT2D eigenvalue weighted by molar-refractivity contribution is 5.12. The Labute approximate surface area is 57.2 Å². The fraction of sp³-hybridized carbons (Fsp3) is 0.667. The highest BCUT2D eigenvalue weighted by Crippen LogP contribution is 2.45. The van der Waals surface area contributed by atoms with E-state index < -0.39 is 5.76 Å². The van der Waals surface area contributed by atoms with Crippen molar-refractivity contribution in [3.05, 3.63) is 16.4 Å². The second kappa shape index (κ2) is 1.51. The van der Waals surface area contributed by atoms with Gasteiger partial charge in [-0.25, -0.2) is 4.79 Å². The van der Waals surface area contributed by atoms with E-state index >= 15 is 0 Å². The molecule has 2 rings (SSSR count). The number of nitrogens with one attached hydrogen (secondary N) is 1. The van der Waals surface area contributed by atoms with Crippen LogP contribution in [-0.2, 0) is 5.41 Å². The van der Waals surface area contributed by atoms with Gasteiger partial charge in [0.25, 0.3) is 0 Å². The van der Waals surface area contributed by atoms with Crippen LogP contribution in [0.25, 0.3) is 0 Å². The Morgan fingerprint density at radius 2 is 2.40 bits per heavy atom. The fourth-order valence-corrected chi connectivity index (χ4v) is 0.915. The molecule has 0 unspecified atom stereocenters.